The Bertz CT molecular complexity index is 1500. The monoisotopic (exact) mass is 454 g/mol. The number of pyridine rings is 1. The minimum atomic E-state index is -0.642. The third-order valence-electron chi connectivity index (χ3n) is 5.45. The number of hydrogen-bond acceptors (Lipinski definition) is 6. The van der Waals surface area contributed by atoms with E-state index in [0.29, 0.717) is 28.2 Å². The number of benzene rings is 2. The van der Waals surface area contributed by atoms with Crippen molar-refractivity contribution < 1.29 is 18.7 Å². The molecule has 2 aromatic carbocycles. The Morgan fingerprint density at radius 3 is 2.68 bits per heavy atom. The van der Waals surface area contributed by atoms with Gasteiger partial charge in [-0.2, -0.15) is 5.10 Å². The van der Waals surface area contributed by atoms with E-state index in [1.807, 2.05) is 56.3 Å². The Morgan fingerprint density at radius 1 is 1.06 bits per heavy atom. The second kappa shape index (κ2) is 8.82. The number of carbonyl (C=O) groups is 2. The molecule has 0 saturated heterocycles. The molecule has 3 aromatic heterocycles. The Hall–Kier alpha value is -4.46. The van der Waals surface area contributed by atoms with Crippen LogP contribution in [0.25, 0.3) is 33.3 Å². The van der Waals surface area contributed by atoms with E-state index in [1.54, 1.807) is 29.1 Å². The third-order valence-corrected chi connectivity index (χ3v) is 5.45. The van der Waals surface area contributed by atoms with Crippen LogP contribution in [0.2, 0.25) is 0 Å². The van der Waals surface area contributed by atoms with Gasteiger partial charge in [-0.1, -0.05) is 36.4 Å². The van der Waals surface area contributed by atoms with E-state index in [2.05, 4.69) is 15.4 Å². The highest BCUT2D eigenvalue weighted by atomic mass is 16.5. The van der Waals surface area contributed by atoms with E-state index in [4.69, 9.17) is 9.15 Å². The van der Waals surface area contributed by atoms with Crippen LogP contribution >= 0.6 is 0 Å². The van der Waals surface area contributed by atoms with Gasteiger partial charge in [0, 0.05) is 17.1 Å². The van der Waals surface area contributed by atoms with Crippen molar-refractivity contribution in [3.05, 3.63) is 78.7 Å². The molecule has 0 bridgehead atoms. The Balaban J connectivity index is 1.39. The number of aromatic nitrogens is 3. The summed E-state index contributed by atoms with van der Waals surface area (Å²) in [4.78, 5) is 30.2. The van der Waals surface area contributed by atoms with E-state index in [0.717, 1.165) is 10.8 Å². The maximum atomic E-state index is 13.0. The van der Waals surface area contributed by atoms with Crippen LogP contribution < -0.4 is 5.32 Å². The number of amides is 1. The first-order chi connectivity index (χ1) is 16.5. The van der Waals surface area contributed by atoms with E-state index < -0.39 is 18.5 Å². The number of fused-ring (bicyclic) bond motifs is 2. The number of nitrogens with one attached hydrogen (secondary N) is 1. The molecule has 0 unspecified atom stereocenters. The van der Waals surface area contributed by atoms with Gasteiger partial charge < -0.3 is 14.5 Å². The molecule has 0 aliphatic carbocycles. The lowest BCUT2D eigenvalue weighted by Gasteiger charge is -2.11. The first kappa shape index (κ1) is 21.4. The molecule has 0 atom stereocenters. The van der Waals surface area contributed by atoms with Crippen LogP contribution in [0.15, 0.2) is 77.5 Å². The SMILES string of the molecule is CC(C)n1ncc2c(C(=O)OCC(=O)Nc3cccc4ccccc34)cc(-c3ccco3)nc21. The van der Waals surface area contributed by atoms with Crippen molar-refractivity contribution in [2.24, 2.45) is 0 Å². The predicted octanol–water partition coefficient (Wildman–Crippen LogP) is 5.22. The number of nitrogens with zero attached hydrogens (tertiary/aromatic N) is 3. The molecule has 1 amide bonds. The summed E-state index contributed by atoms with van der Waals surface area (Å²) in [5.41, 5.74) is 1.94. The molecule has 34 heavy (non-hydrogen) atoms. The Labute approximate surface area is 195 Å². The van der Waals surface area contributed by atoms with Gasteiger partial charge in [-0.3, -0.25) is 4.79 Å². The lowest BCUT2D eigenvalue weighted by atomic mass is 10.1. The van der Waals surface area contributed by atoms with Gasteiger partial charge in [-0.25, -0.2) is 14.5 Å². The molecular weight excluding hydrogens is 432 g/mol. The van der Waals surface area contributed by atoms with Gasteiger partial charge in [-0.15, -0.1) is 0 Å². The largest absolute Gasteiger partial charge is 0.463 e. The molecule has 0 saturated carbocycles. The number of anilines is 1. The minimum Gasteiger partial charge on any atom is -0.463 e. The van der Waals surface area contributed by atoms with E-state index >= 15 is 0 Å². The van der Waals surface area contributed by atoms with Crippen LogP contribution in [0.4, 0.5) is 5.69 Å². The molecule has 0 spiro atoms. The third kappa shape index (κ3) is 4.01. The quantitative estimate of drug-likeness (QED) is 0.353. The van der Waals surface area contributed by atoms with Crippen molar-refractivity contribution in [1.29, 1.82) is 0 Å². The van der Waals surface area contributed by atoms with Gasteiger partial charge in [0.2, 0.25) is 0 Å². The topological polar surface area (TPSA) is 99.2 Å². The highest BCUT2D eigenvalue weighted by Crippen LogP contribution is 2.27. The fourth-order valence-corrected chi connectivity index (χ4v) is 3.84. The zero-order valence-electron chi connectivity index (χ0n) is 18.7. The fraction of sp³-hybridized carbons (Fsp3) is 0.154. The van der Waals surface area contributed by atoms with Crippen LogP contribution in [0.1, 0.15) is 30.2 Å². The summed E-state index contributed by atoms with van der Waals surface area (Å²) in [6, 6.07) is 18.5. The first-order valence-corrected chi connectivity index (χ1v) is 10.9. The van der Waals surface area contributed by atoms with Crippen LogP contribution in [0.5, 0.6) is 0 Å². The second-order valence-electron chi connectivity index (χ2n) is 8.10. The number of carbonyl (C=O) groups excluding carboxylic acids is 2. The highest BCUT2D eigenvalue weighted by molar-refractivity contribution is 6.06. The number of ether oxygens (including phenoxy) is 1. The zero-order valence-corrected chi connectivity index (χ0v) is 18.7. The summed E-state index contributed by atoms with van der Waals surface area (Å²) in [5, 5.41) is 9.65. The number of furan rings is 1. The molecule has 0 radical (unpaired) electrons. The molecule has 0 fully saturated rings. The average molecular weight is 454 g/mol. The number of hydrogen-bond donors (Lipinski definition) is 1. The summed E-state index contributed by atoms with van der Waals surface area (Å²) >= 11 is 0. The lowest BCUT2D eigenvalue weighted by molar-refractivity contribution is -0.119. The second-order valence-corrected chi connectivity index (χ2v) is 8.10. The zero-order chi connectivity index (χ0) is 23.7. The summed E-state index contributed by atoms with van der Waals surface area (Å²) in [6.07, 6.45) is 3.12. The maximum Gasteiger partial charge on any atom is 0.339 e. The van der Waals surface area contributed by atoms with Gasteiger partial charge in [0.05, 0.1) is 23.4 Å². The molecule has 8 heteroatoms. The van der Waals surface area contributed by atoms with Crippen molar-refractivity contribution in [1.82, 2.24) is 14.8 Å². The molecule has 5 rings (SSSR count). The van der Waals surface area contributed by atoms with E-state index in [-0.39, 0.29) is 11.6 Å². The van der Waals surface area contributed by atoms with Gasteiger partial charge in [0.25, 0.3) is 5.91 Å². The van der Waals surface area contributed by atoms with Gasteiger partial charge in [0.15, 0.2) is 18.0 Å². The van der Waals surface area contributed by atoms with Crippen LogP contribution in [-0.2, 0) is 9.53 Å². The Morgan fingerprint density at radius 2 is 1.88 bits per heavy atom. The molecule has 0 aliphatic rings. The molecule has 170 valence electrons. The number of esters is 1. The molecule has 1 N–H and O–H groups in total. The molecule has 0 aliphatic heterocycles. The van der Waals surface area contributed by atoms with Crippen molar-refractivity contribution >= 4 is 39.4 Å². The Kier molecular flexibility index (Phi) is 5.55. The first-order valence-electron chi connectivity index (χ1n) is 10.9. The van der Waals surface area contributed by atoms with Crippen LogP contribution in [0, 0.1) is 0 Å². The molecular formula is C26H22N4O4. The van der Waals surface area contributed by atoms with Gasteiger partial charge in [-0.05, 0) is 43.5 Å². The molecule has 5 aromatic rings. The van der Waals surface area contributed by atoms with Gasteiger partial charge >= 0.3 is 5.97 Å². The lowest BCUT2D eigenvalue weighted by Crippen LogP contribution is -2.21. The average Bonchev–Trinajstić information content (AvgIpc) is 3.52. The normalized spacial score (nSPS) is 11.3. The van der Waals surface area contributed by atoms with E-state index in [1.165, 1.54) is 6.26 Å². The summed E-state index contributed by atoms with van der Waals surface area (Å²) in [7, 11) is 0. The number of rotatable bonds is 6. The van der Waals surface area contributed by atoms with Crippen molar-refractivity contribution in [3.63, 3.8) is 0 Å². The highest BCUT2D eigenvalue weighted by Gasteiger charge is 2.21. The van der Waals surface area contributed by atoms with Gasteiger partial charge in [0.1, 0.15) is 5.69 Å². The minimum absolute atomic E-state index is 0.0344. The summed E-state index contributed by atoms with van der Waals surface area (Å²) < 4.78 is 12.6. The molecule has 3 heterocycles. The maximum absolute atomic E-state index is 13.0. The fourth-order valence-electron chi connectivity index (χ4n) is 3.84. The van der Waals surface area contributed by atoms with Crippen molar-refractivity contribution in [2.45, 2.75) is 19.9 Å². The van der Waals surface area contributed by atoms with Crippen molar-refractivity contribution in [3.8, 4) is 11.5 Å². The smallest absolute Gasteiger partial charge is 0.339 e. The van der Waals surface area contributed by atoms with Crippen LogP contribution in [0.3, 0.4) is 0 Å². The van der Waals surface area contributed by atoms with Crippen LogP contribution in [-0.4, -0.2) is 33.2 Å². The summed E-state index contributed by atoms with van der Waals surface area (Å²) in [6.45, 7) is 3.52. The standard InChI is InChI=1S/C26H22N4O4/c1-16(2)30-25-20(14-27-30)19(13-22(29-25)23-11-6-12-33-23)26(32)34-15-24(31)28-21-10-5-8-17-7-3-4-9-18(17)21/h3-14,16H,15H2,1-2H3,(H,28,31). The molecule has 8 nitrogen and oxygen atoms in total. The van der Waals surface area contributed by atoms with Crippen molar-refractivity contribution in [2.75, 3.05) is 11.9 Å². The van der Waals surface area contributed by atoms with E-state index in [9.17, 15) is 9.59 Å². The summed E-state index contributed by atoms with van der Waals surface area (Å²) in [5.74, 6) is -0.558. The predicted molar refractivity (Wildman–Crippen MR) is 128 cm³/mol.